The first-order valence-corrected chi connectivity index (χ1v) is 5.39. The molecule has 0 atom stereocenters. The molecule has 17 heavy (non-hydrogen) atoms. The van der Waals surface area contributed by atoms with Crippen LogP contribution in [0.5, 0.6) is 0 Å². The first-order valence-electron chi connectivity index (χ1n) is 5.01. The zero-order chi connectivity index (χ0) is 12.4. The molecular weight excluding hydrogens is 241 g/mol. The Morgan fingerprint density at radius 1 is 1.29 bits per heavy atom. The number of aromatic nitrogens is 1. The molecule has 2 aromatic rings. The number of nitrogens with two attached hydrogens (primary N) is 1. The monoisotopic (exact) mass is 251 g/mol. The van der Waals surface area contributed by atoms with Crippen LogP contribution in [0.25, 0.3) is 0 Å². The molecule has 0 aliphatic rings. The molecular formula is C12H11ClFN3. The van der Waals surface area contributed by atoms with Gasteiger partial charge in [-0.2, -0.15) is 0 Å². The highest BCUT2D eigenvalue weighted by atomic mass is 35.5. The molecule has 3 N–H and O–H groups in total. The normalized spacial score (nSPS) is 10.3. The molecule has 0 unspecified atom stereocenters. The van der Waals surface area contributed by atoms with E-state index < -0.39 is 5.82 Å². The summed E-state index contributed by atoms with van der Waals surface area (Å²) in [6, 6.07) is 7.96. The van der Waals surface area contributed by atoms with Gasteiger partial charge >= 0.3 is 0 Å². The quantitative estimate of drug-likeness (QED) is 0.859. The van der Waals surface area contributed by atoms with E-state index in [1.54, 1.807) is 18.2 Å². The average Bonchev–Trinajstić information content (AvgIpc) is 2.29. The molecule has 1 aromatic heterocycles. The Hall–Kier alpha value is -1.81. The highest BCUT2D eigenvalue weighted by Gasteiger charge is 2.03. The minimum atomic E-state index is -0.469. The first kappa shape index (κ1) is 11.7. The summed E-state index contributed by atoms with van der Waals surface area (Å²) >= 11 is 5.59. The van der Waals surface area contributed by atoms with Gasteiger partial charge in [0.05, 0.1) is 16.4 Å². The number of hydrogen-bond donors (Lipinski definition) is 2. The number of rotatable bonds is 2. The number of nitrogens with zero attached hydrogens (tertiary/aromatic N) is 1. The SMILES string of the molecule is Cc1nc(Nc2ccc(Cl)c(F)c2)ccc1N. The Morgan fingerprint density at radius 2 is 2.06 bits per heavy atom. The Kier molecular flexibility index (Phi) is 3.15. The van der Waals surface area contributed by atoms with Gasteiger partial charge < -0.3 is 11.1 Å². The van der Waals surface area contributed by atoms with E-state index in [4.69, 9.17) is 17.3 Å². The Balaban J connectivity index is 2.25. The van der Waals surface area contributed by atoms with Crippen molar-refractivity contribution < 1.29 is 4.39 Å². The van der Waals surface area contributed by atoms with Gasteiger partial charge in [0.15, 0.2) is 0 Å². The van der Waals surface area contributed by atoms with Gasteiger partial charge in [0.1, 0.15) is 11.6 Å². The molecule has 1 aromatic carbocycles. The van der Waals surface area contributed by atoms with Crippen LogP contribution in [-0.4, -0.2) is 4.98 Å². The second kappa shape index (κ2) is 4.59. The second-order valence-corrected chi connectivity index (χ2v) is 4.03. The zero-order valence-electron chi connectivity index (χ0n) is 9.17. The summed E-state index contributed by atoms with van der Waals surface area (Å²) < 4.78 is 13.2. The fraction of sp³-hybridized carbons (Fsp3) is 0.0833. The maximum Gasteiger partial charge on any atom is 0.143 e. The number of halogens is 2. The van der Waals surface area contributed by atoms with E-state index in [2.05, 4.69) is 10.3 Å². The molecule has 0 fully saturated rings. The first-order chi connectivity index (χ1) is 8.06. The molecule has 0 aliphatic carbocycles. The van der Waals surface area contributed by atoms with Crippen molar-refractivity contribution in [1.29, 1.82) is 0 Å². The van der Waals surface area contributed by atoms with Crippen LogP contribution in [0.1, 0.15) is 5.69 Å². The predicted octanol–water partition coefficient (Wildman–Crippen LogP) is 3.51. The molecule has 2 rings (SSSR count). The van der Waals surface area contributed by atoms with E-state index >= 15 is 0 Å². The van der Waals surface area contributed by atoms with E-state index in [9.17, 15) is 4.39 Å². The lowest BCUT2D eigenvalue weighted by atomic mass is 10.3. The number of aryl methyl sites for hydroxylation is 1. The second-order valence-electron chi connectivity index (χ2n) is 3.63. The van der Waals surface area contributed by atoms with Crippen molar-refractivity contribution >= 4 is 28.8 Å². The van der Waals surface area contributed by atoms with Crippen molar-refractivity contribution in [2.75, 3.05) is 11.1 Å². The van der Waals surface area contributed by atoms with Crippen LogP contribution in [-0.2, 0) is 0 Å². The molecule has 0 amide bonds. The maximum atomic E-state index is 13.2. The minimum Gasteiger partial charge on any atom is -0.397 e. The van der Waals surface area contributed by atoms with Crippen molar-refractivity contribution in [2.45, 2.75) is 6.92 Å². The molecule has 1 heterocycles. The molecule has 5 heteroatoms. The van der Waals surface area contributed by atoms with Gasteiger partial charge in [0.25, 0.3) is 0 Å². The van der Waals surface area contributed by atoms with Crippen LogP contribution in [0.3, 0.4) is 0 Å². The third-order valence-electron chi connectivity index (χ3n) is 2.32. The summed E-state index contributed by atoms with van der Waals surface area (Å²) in [6.07, 6.45) is 0. The topological polar surface area (TPSA) is 50.9 Å². The summed E-state index contributed by atoms with van der Waals surface area (Å²) in [4.78, 5) is 4.23. The zero-order valence-corrected chi connectivity index (χ0v) is 9.92. The van der Waals surface area contributed by atoms with Crippen molar-refractivity contribution in [3.8, 4) is 0 Å². The third-order valence-corrected chi connectivity index (χ3v) is 2.63. The highest BCUT2D eigenvalue weighted by molar-refractivity contribution is 6.30. The lowest BCUT2D eigenvalue weighted by Gasteiger charge is -2.08. The van der Waals surface area contributed by atoms with Crippen molar-refractivity contribution in [3.05, 3.63) is 46.9 Å². The number of nitrogen functional groups attached to an aromatic ring is 1. The van der Waals surface area contributed by atoms with Gasteiger partial charge in [-0.1, -0.05) is 11.6 Å². The van der Waals surface area contributed by atoms with Crippen LogP contribution >= 0.6 is 11.6 Å². The molecule has 0 spiro atoms. The summed E-state index contributed by atoms with van der Waals surface area (Å²) in [5.74, 6) is 0.141. The lowest BCUT2D eigenvalue weighted by Crippen LogP contribution is -1.98. The minimum absolute atomic E-state index is 0.0944. The van der Waals surface area contributed by atoms with Gasteiger partial charge in [-0.3, -0.25) is 0 Å². The van der Waals surface area contributed by atoms with E-state index in [1.807, 2.05) is 6.92 Å². The van der Waals surface area contributed by atoms with Gasteiger partial charge in [-0.25, -0.2) is 9.37 Å². The van der Waals surface area contributed by atoms with Gasteiger partial charge in [0, 0.05) is 5.69 Å². The molecule has 0 aliphatic heterocycles. The van der Waals surface area contributed by atoms with Crippen molar-refractivity contribution in [3.63, 3.8) is 0 Å². The Labute approximate surface area is 103 Å². The number of nitrogens with one attached hydrogen (secondary N) is 1. The van der Waals surface area contributed by atoms with Crippen molar-refractivity contribution in [1.82, 2.24) is 4.98 Å². The summed E-state index contributed by atoms with van der Waals surface area (Å²) in [5, 5.41) is 3.07. The molecule has 0 saturated heterocycles. The number of hydrogen-bond acceptors (Lipinski definition) is 3. The summed E-state index contributed by atoms with van der Waals surface area (Å²) in [7, 11) is 0. The molecule has 0 radical (unpaired) electrons. The Bertz CT molecular complexity index is 508. The number of pyridine rings is 1. The molecule has 3 nitrogen and oxygen atoms in total. The largest absolute Gasteiger partial charge is 0.397 e. The van der Waals surface area contributed by atoms with E-state index in [-0.39, 0.29) is 5.02 Å². The Morgan fingerprint density at radius 3 is 2.71 bits per heavy atom. The van der Waals surface area contributed by atoms with E-state index in [0.29, 0.717) is 17.2 Å². The molecule has 0 bridgehead atoms. The fourth-order valence-electron chi connectivity index (χ4n) is 1.36. The lowest BCUT2D eigenvalue weighted by molar-refractivity contribution is 0.629. The van der Waals surface area contributed by atoms with E-state index in [0.717, 1.165) is 5.69 Å². The fourth-order valence-corrected chi connectivity index (χ4v) is 1.48. The van der Waals surface area contributed by atoms with Crippen LogP contribution in [0.4, 0.5) is 21.6 Å². The summed E-state index contributed by atoms with van der Waals surface area (Å²) in [6.45, 7) is 1.81. The molecule has 88 valence electrons. The number of anilines is 3. The predicted molar refractivity (Wildman–Crippen MR) is 68.1 cm³/mol. The van der Waals surface area contributed by atoms with Crippen LogP contribution in [0, 0.1) is 12.7 Å². The van der Waals surface area contributed by atoms with Crippen molar-refractivity contribution in [2.24, 2.45) is 0 Å². The van der Waals surface area contributed by atoms with E-state index in [1.165, 1.54) is 12.1 Å². The third kappa shape index (κ3) is 2.65. The number of benzene rings is 1. The standard InChI is InChI=1S/C12H11ClFN3/c1-7-11(15)4-5-12(16-7)17-8-2-3-9(13)10(14)6-8/h2-6H,15H2,1H3,(H,16,17). The van der Waals surface area contributed by atoms with Crippen LogP contribution in [0.15, 0.2) is 30.3 Å². The van der Waals surface area contributed by atoms with Gasteiger partial charge in [0.2, 0.25) is 0 Å². The summed E-state index contributed by atoms with van der Waals surface area (Å²) in [5.41, 5.74) is 7.59. The van der Waals surface area contributed by atoms with Crippen LogP contribution < -0.4 is 11.1 Å². The van der Waals surface area contributed by atoms with Gasteiger partial charge in [-0.15, -0.1) is 0 Å². The smallest absolute Gasteiger partial charge is 0.143 e. The molecule has 0 saturated carbocycles. The maximum absolute atomic E-state index is 13.2. The highest BCUT2D eigenvalue weighted by Crippen LogP contribution is 2.22. The van der Waals surface area contributed by atoms with Crippen LogP contribution in [0.2, 0.25) is 5.02 Å². The average molecular weight is 252 g/mol. The van der Waals surface area contributed by atoms with Gasteiger partial charge in [-0.05, 0) is 37.3 Å².